The van der Waals surface area contributed by atoms with Gasteiger partial charge in [0, 0.05) is 30.6 Å². The van der Waals surface area contributed by atoms with Gasteiger partial charge in [-0.15, -0.1) is 0 Å². The van der Waals surface area contributed by atoms with Gasteiger partial charge >= 0.3 is 0 Å². The Morgan fingerprint density at radius 1 is 0.879 bits per heavy atom. The largest absolute Gasteiger partial charge is 0.385 e. The highest BCUT2D eigenvalue weighted by Gasteiger charge is 2.34. The van der Waals surface area contributed by atoms with Crippen LogP contribution in [0.3, 0.4) is 0 Å². The lowest BCUT2D eigenvalue weighted by atomic mass is 9.83. The minimum atomic E-state index is -1.07. The summed E-state index contributed by atoms with van der Waals surface area (Å²) in [5, 5.41) is 11.3. The number of Topliss-reactive ketones (excluding diaryl/α,β-unsaturated/α-hetero) is 1. The highest BCUT2D eigenvalue weighted by molar-refractivity contribution is 5.95. The Morgan fingerprint density at radius 2 is 1.48 bits per heavy atom. The topological polar surface area (TPSA) is 40.5 Å². The second-order valence-electron chi connectivity index (χ2n) is 8.61. The molecule has 172 valence electrons. The molecule has 4 rings (SSSR count). The molecule has 33 heavy (non-hydrogen) atoms. The van der Waals surface area contributed by atoms with Crippen molar-refractivity contribution in [1.29, 1.82) is 0 Å². The average Bonchev–Trinajstić information content (AvgIpc) is 2.82. The molecule has 1 aliphatic heterocycles. The van der Waals surface area contributed by atoms with Crippen LogP contribution >= 0.6 is 0 Å². The summed E-state index contributed by atoms with van der Waals surface area (Å²) in [6.45, 7) is 2.04. The first-order valence-corrected chi connectivity index (χ1v) is 11.1. The van der Waals surface area contributed by atoms with Crippen LogP contribution in [-0.2, 0) is 5.60 Å². The van der Waals surface area contributed by atoms with Gasteiger partial charge in [-0.1, -0.05) is 18.2 Å². The molecular formula is C27H26F3NO2. The van der Waals surface area contributed by atoms with E-state index in [9.17, 15) is 23.1 Å². The summed E-state index contributed by atoms with van der Waals surface area (Å²) in [6.07, 6.45) is 2.05. The Labute approximate surface area is 191 Å². The van der Waals surface area contributed by atoms with Gasteiger partial charge in [0.25, 0.3) is 0 Å². The first kappa shape index (κ1) is 23.2. The summed E-state index contributed by atoms with van der Waals surface area (Å²) in [5.41, 5.74) is 0.987. The minimum Gasteiger partial charge on any atom is -0.385 e. The molecule has 0 saturated carbocycles. The highest BCUT2D eigenvalue weighted by Crippen LogP contribution is 2.36. The zero-order valence-corrected chi connectivity index (χ0v) is 18.2. The molecule has 0 spiro atoms. The van der Waals surface area contributed by atoms with E-state index < -0.39 is 11.4 Å². The maximum atomic E-state index is 14.4. The van der Waals surface area contributed by atoms with Crippen LogP contribution in [0.2, 0.25) is 0 Å². The summed E-state index contributed by atoms with van der Waals surface area (Å²) in [5.74, 6) is -1.18. The van der Waals surface area contributed by atoms with Crippen LogP contribution in [-0.4, -0.2) is 35.4 Å². The second kappa shape index (κ2) is 9.89. The number of hydrogen-bond acceptors (Lipinski definition) is 3. The van der Waals surface area contributed by atoms with Gasteiger partial charge in [-0.3, -0.25) is 4.79 Å². The molecule has 0 atom stereocenters. The number of likely N-dealkylation sites (tertiary alicyclic amines) is 1. The van der Waals surface area contributed by atoms with Crippen LogP contribution in [0.4, 0.5) is 13.2 Å². The number of carbonyl (C=O) groups excluding carboxylic acids is 1. The fraction of sp³-hybridized carbons (Fsp3) is 0.296. The minimum absolute atomic E-state index is 0.0110. The van der Waals surface area contributed by atoms with Gasteiger partial charge < -0.3 is 10.0 Å². The molecule has 0 aromatic heterocycles. The van der Waals surface area contributed by atoms with E-state index in [4.69, 9.17) is 0 Å². The van der Waals surface area contributed by atoms with Gasteiger partial charge in [-0.2, -0.15) is 0 Å². The molecule has 1 aliphatic rings. The second-order valence-corrected chi connectivity index (χ2v) is 8.61. The first-order chi connectivity index (χ1) is 15.8. The quantitative estimate of drug-likeness (QED) is 0.466. The van der Waals surface area contributed by atoms with Crippen LogP contribution in [0.5, 0.6) is 0 Å². The molecule has 0 bridgehead atoms. The molecule has 3 aromatic rings. The number of hydrogen-bond donors (Lipinski definition) is 1. The van der Waals surface area contributed by atoms with Gasteiger partial charge in [0.2, 0.25) is 0 Å². The zero-order chi connectivity index (χ0) is 23.4. The van der Waals surface area contributed by atoms with Crippen molar-refractivity contribution in [3.8, 4) is 11.1 Å². The fourth-order valence-corrected chi connectivity index (χ4v) is 4.34. The van der Waals surface area contributed by atoms with E-state index in [1.807, 2.05) is 0 Å². The zero-order valence-electron chi connectivity index (χ0n) is 18.2. The van der Waals surface area contributed by atoms with Gasteiger partial charge in [-0.05, 0) is 85.5 Å². The number of benzene rings is 3. The van der Waals surface area contributed by atoms with Crippen LogP contribution in [0, 0.1) is 17.5 Å². The van der Waals surface area contributed by atoms with Gasteiger partial charge in [0.05, 0.1) is 5.60 Å². The fourth-order valence-electron chi connectivity index (χ4n) is 4.34. The summed E-state index contributed by atoms with van der Waals surface area (Å²) in [6, 6.07) is 15.8. The Balaban J connectivity index is 1.34. The number of carbonyl (C=O) groups is 1. The first-order valence-electron chi connectivity index (χ1n) is 11.1. The van der Waals surface area contributed by atoms with Gasteiger partial charge in [0.1, 0.15) is 17.5 Å². The molecule has 3 aromatic carbocycles. The number of piperidine rings is 1. The number of halogens is 3. The van der Waals surface area contributed by atoms with Crippen LogP contribution in [0.25, 0.3) is 11.1 Å². The third kappa shape index (κ3) is 5.52. The molecule has 0 aliphatic carbocycles. The summed E-state index contributed by atoms with van der Waals surface area (Å²) < 4.78 is 40.7. The molecule has 1 saturated heterocycles. The van der Waals surface area contributed by atoms with Gasteiger partial charge in [-0.25, -0.2) is 13.2 Å². The summed E-state index contributed by atoms with van der Waals surface area (Å²) in [7, 11) is 0. The normalized spacial score (nSPS) is 16.0. The van der Waals surface area contributed by atoms with Crippen molar-refractivity contribution < 1.29 is 23.1 Å². The van der Waals surface area contributed by atoms with E-state index in [0.717, 1.165) is 6.54 Å². The number of ketones is 1. The van der Waals surface area contributed by atoms with Crippen LogP contribution < -0.4 is 0 Å². The van der Waals surface area contributed by atoms with Crippen molar-refractivity contribution in [1.82, 2.24) is 4.90 Å². The predicted octanol–water partition coefficient (Wildman–Crippen LogP) is 5.72. The van der Waals surface area contributed by atoms with E-state index in [1.165, 1.54) is 54.6 Å². The van der Waals surface area contributed by atoms with Crippen LogP contribution in [0.1, 0.15) is 41.6 Å². The van der Waals surface area contributed by atoms with Gasteiger partial charge in [0.15, 0.2) is 5.78 Å². The van der Waals surface area contributed by atoms with Crippen molar-refractivity contribution in [2.45, 2.75) is 31.3 Å². The van der Waals surface area contributed by atoms with E-state index in [2.05, 4.69) is 4.90 Å². The SMILES string of the molecule is O=C(CCCN1CCC(O)(c2ccc(F)c(-c3ccc(F)cc3)c2)CC1)c1ccc(F)cc1. The standard InChI is InChI=1S/C27H26F3NO2/c28-22-8-3-19(4-9-22)24-18-21(7-12-25(24)30)27(33)13-16-31(17-14-27)15-1-2-26(32)20-5-10-23(29)11-6-20/h3-12,18,33H,1-2,13-17H2. The van der Waals surface area contributed by atoms with E-state index in [-0.39, 0.29) is 17.4 Å². The molecule has 6 heteroatoms. The lowest BCUT2D eigenvalue weighted by Crippen LogP contribution is -2.43. The Morgan fingerprint density at radius 3 is 2.12 bits per heavy atom. The summed E-state index contributed by atoms with van der Waals surface area (Å²) >= 11 is 0. The molecule has 0 amide bonds. The molecule has 0 unspecified atom stereocenters. The third-order valence-electron chi connectivity index (χ3n) is 6.39. The monoisotopic (exact) mass is 453 g/mol. The van der Waals surface area contributed by atoms with E-state index in [0.29, 0.717) is 61.0 Å². The Hall–Kier alpha value is -2.96. The number of rotatable bonds is 7. The maximum absolute atomic E-state index is 14.4. The molecular weight excluding hydrogens is 427 g/mol. The lowest BCUT2D eigenvalue weighted by molar-refractivity contribution is -0.0260. The summed E-state index contributed by atoms with van der Waals surface area (Å²) in [4.78, 5) is 14.5. The molecule has 0 radical (unpaired) electrons. The lowest BCUT2D eigenvalue weighted by Gasteiger charge is -2.38. The van der Waals surface area contributed by atoms with Crippen molar-refractivity contribution in [2.75, 3.05) is 19.6 Å². The number of aliphatic hydroxyl groups is 1. The highest BCUT2D eigenvalue weighted by atomic mass is 19.1. The average molecular weight is 454 g/mol. The third-order valence-corrected chi connectivity index (χ3v) is 6.39. The predicted molar refractivity (Wildman–Crippen MR) is 121 cm³/mol. The smallest absolute Gasteiger partial charge is 0.162 e. The molecule has 1 N–H and O–H groups in total. The van der Waals surface area contributed by atoms with Crippen molar-refractivity contribution in [3.63, 3.8) is 0 Å². The van der Waals surface area contributed by atoms with Crippen molar-refractivity contribution in [2.24, 2.45) is 0 Å². The molecule has 1 heterocycles. The Bertz CT molecular complexity index is 1110. The van der Waals surface area contributed by atoms with Crippen molar-refractivity contribution in [3.05, 3.63) is 95.3 Å². The molecule has 3 nitrogen and oxygen atoms in total. The van der Waals surface area contributed by atoms with E-state index >= 15 is 0 Å². The maximum Gasteiger partial charge on any atom is 0.162 e. The number of nitrogens with zero attached hydrogens (tertiary/aromatic N) is 1. The van der Waals surface area contributed by atoms with E-state index in [1.54, 1.807) is 12.1 Å². The van der Waals surface area contributed by atoms with Crippen LogP contribution in [0.15, 0.2) is 66.7 Å². The molecule has 1 fully saturated rings. The Kier molecular flexibility index (Phi) is 6.96. The van der Waals surface area contributed by atoms with Crippen molar-refractivity contribution >= 4 is 5.78 Å².